The SMILES string of the molecule is COc1ccccc1C=NN=CN(C)C. The summed E-state index contributed by atoms with van der Waals surface area (Å²) in [6.45, 7) is 0. The topological polar surface area (TPSA) is 37.2 Å². The zero-order valence-corrected chi connectivity index (χ0v) is 9.21. The van der Waals surface area contributed by atoms with Crippen molar-refractivity contribution >= 4 is 12.6 Å². The van der Waals surface area contributed by atoms with Crippen LogP contribution in [0.4, 0.5) is 0 Å². The fraction of sp³-hybridized carbons (Fsp3) is 0.273. The zero-order valence-electron chi connectivity index (χ0n) is 9.21. The number of rotatable bonds is 4. The average molecular weight is 205 g/mol. The quantitative estimate of drug-likeness (QED) is 0.425. The van der Waals surface area contributed by atoms with Gasteiger partial charge in [0.2, 0.25) is 0 Å². The normalized spacial score (nSPS) is 11.1. The molecule has 0 spiro atoms. The number of benzene rings is 1. The summed E-state index contributed by atoms with van der Waals surface area (Å²) >= 11 is 0. The number of methoxy groups -OCH3 is 1. The molecule has 4 heteroatoms. The van der Waals surface area contributed by atoms with Crippen molar-refractivity contribution < 1.29 is 4.74 Å². The van der Waals surface area contributed by atoms with Crippen LogP contribution >= 0.6 is 0 Å². The lowest BCUT2D eigenvalue weighted by Gasteiger charge is -2.02. The fourth-order valence-electron chi connectivity index (χ4n) is 1.00. The lowest BCUT2D eigenvalue weighted by atomic mass is 10.2. The summed E-state index contributed by atoms with van der Waals surface area (Å²) in [5.41, 5.74) is 0.913. The number of ether oxygens (including phenoxy) is 1. The van der Waals surface area contributed by atoms with Crippen LogP contribution in [0.3, 0.4) is 0 Å². The molecule has 1 rings (SSSR count). The lowest BCUT2D eigenvalue weighted by molar-refractivity contribution is 0.414. The van der Waals surface area contributed by atoms with Crippen LogP contribution in [0.15, 0.2) is 34.5 Å². The Morgan fingerprint density at radius 1 is 1.20 bits per heavy atom. The van der Waals surface area contributed by atoms with E-state index in [0.29, 0.717) is 0 Å². The van der Waals surface area contributed by atoms with Crippen molar-refractivity contribution in [3.63, 3.8) is 0 Å². The van der Waals surface area contributed by atoms with Gasteiger partial charge in [-0.1, -0.05) is 12.1 Å². The monoisotopic (exact) mass is 205 g/mol. The van der Waals surface area contributed by atoms with Gasteiger partial charge in [-0.2, -0.15) is 5.10 Å². The molecule has 0 heterocycles. The van der Waals surface area contributed by atoms with E-state index >= 15 is 0 Å². The van der Waals surface area contributed by atoms with Crippen molar-refractivity contribution in [2.24, 2.45) is 10.2 Å². The second-order valence-electron chi connectivity index (χ2n) is 3.18. The fourth-order valence-corrected chi connectivity index (χ4v) is 1.00. The molecule has 80 valence electrons. The van der Waals surface area contributed by atoms with E-state index < -0.39 is 0 Å². The van der Waals surface area contributed by atoms with Gasteiger partial charge < -0.3 is 9.64 Å². The van der Waals surface area contributed by atoms with Crippen LogP contribution in [0.5, 0.6) is 5.75 Å². The van der Waals surface area contributed by atoms with E-state index in [0.717, 1.165) is 11.3 Å². The zero-order chi connectivity index (χ0) is 11.1. The Morgan fingerprint density at radius 3 is 2.60 bits per heavy atom. The second kappa shape index (κ2) is 5.80. The summed E-state index contributed by atoms with van der Waals surface area (Å²) in [6, 6.07) is 7.66. The molecule has 15 heavy (non-hydrogen) atoms. The maximum atomic E-state index is 5.17. The van der Waals surface area contributed by atoms with E-state index in [1.165, 1.54) is 0 Å². The molecular weight excluding hydrogens is 190 g/mol. The van der Waals surface area contributed by atoms with E-state index in [9.17, 15) is 0 Å². The summed E-state index contributed by atoms with van der Waals surface area (Å²) in [6.07, 6.45) is 3.30. The summed E-state index contributed by atoms with van der Waals surface area (Å²) in [5.74, 6) is 0.793. The lowest BCUT2D eigenvalue weighted by Crippen LogP contribution is -2.06. The molecular formula is C11H15N3O. The third-order valence-corrected chi connectivity index (χ3v) is 1.68. The van der Waals surface area contributed by atoms with Crippen molar-refractivity contribution in [3.05, 3.63) is 29.8 Å². The first-order valence-electron chi connectivity index (χ1n) is 4.60. The molecule has 0 fully saturated rings. The van der Waals surface area contributed by atoms with Gasteiger partial charge in [0.1, 0.15) is 12.1 Å². The van der Waals surface area contributed by atoms with Crippen LogP contribution < -0.4 is 4.74 Å². The summed E-state index contributed by atoms with van der Waals surface area (Å²) in [7, 11) is 5.42. The Hall–Kier alpha value is -1.84. The van der Waals surface area contributed by atoms with Crippen molar-refractivity contribution in [2.45, 2.75) is 0 Å². The summed E-state index contributed by atoms with van der Waals surface area (Å²) < 4.78 is 5.17. The van der Waals surface area contributed by atoms with Crippen LogP contribution in [0.25, 0.3) is 0 Å². The highest BCUT2D eigenvalue weighted by molar-refractivity contribution is 5.83. The van der Waals surface area contributed by atoms with Crippen LogP contribution in [-0.2, 0) is 0 Å². The molecule has 0 aliphatic rings. The molecule has 0 aliphatic heterocycles. The molecule has 0 bridgehead atoms. The van der Waals surface area contributed by atoms with Crippen LogP contribution in [0.1, 0.15) is 5.56 Å². The standard InChI is InChI=1S/C11H15N3O/c1-14(2)9-13-12-8-10-6-4-5-7-11(10)15-3/h4-9H,1-3H3. The predicted octanol–water partition coefficient (Wildman–Crippen LogP) is 1.62. The highest BCUT2D eigenvalue weighted by atomic mass is 16.5. The van der Waals surface area contributed by atoms with Crippen molar-refractivity contribution in [3.8, 4) is 5.75 Å². The third kappa shape index (κ3) is 3.81. The van der Waals surface area contributed by atoms with Gasteiger partial charge in [0, 0.05) is 19.7 Å². The minimum atomic E-state index is 0.793. The largest absolute Gasteiger partial charge is 0.496 e. The van der Waals surface area contributed by atoms with Crippen LogP contribution in [0.2, 0.25) is 0 Å². The smallest absolute Gasteiger partial charge is 0.127 e. The second-order valence-corrected chi connectivity index (χ2v) is 3.18. The number of hydrogen-bond donors (Lipinski definition) is 0. The van der Waals surface area contributed by atoms with Gasteiger partial charge in [0.05, 0.1) is 13.3 Å². The summed E-state index contributed by atoms with van der Waals surface area (Å²) in [4.78, 5) is 1.82. The predicted molar refractivity (Wildman–Crippen MR) is 62.8 cm³/mol. The molecule has 4 nitrogen and oxygen atoms in total. The molecule has 0 saturated heterocycles. The first-order chi connectivity index (χ1) is 7.24. The Bertz CT molecular complexity index is 359. The molecule has 0 saturated carbocycles. The Balaban J connectivity index is 2.71. The van der Waals surface area contributed by atoms with Crippen LogP contribution in [0, 0.1) is 0 Å². The average Bonchev–Trinajstić information content (AvgIpc) is 2.24. The van der Waals surface area contributed by atoms with Gasteiger partial charge in [0.25, 0.3) is 0 Å². The molecule has 0 radical (unpaired) electrons. The Morgan fingerprint density at radius 2 is 1.93 bits per heavy atom. The van der Waals surface area contributed by atoms with Crippen molar-refractivity contribution in [2.75, 3.05) is 21.2 Å². The maximum Gasteiger partial charge on any atom is 0.127 e. The van der Waals surface area contributed by atoms with Gasteiger partial charge in [0.15, 0.2) is 0 Å². The third-order valence-electron chi connectivity index (χ3n) is 1.68. The molecule has 0 atom stereocenters. The molecule has 0 aliphatic carbocycles. The van der Waals surface area contributed by atoms with Gasteiger partial charge in [-0.25, -0.2) is 0 Å². The van der Waals surface area contributed by atoms with Crippen LogP contribution in [-0.4, -0.2) is 38.7 Å². The van der Waals surface area contributed by atoms with E-state index in [1.54, 1.807) is 19.7 Å². The summed E-state index contributed by atoms with van der Waals surface area (Å²) in [5, 5.41) is 7.77. The number of hydrogen-bond acceptors (Lipinski definition) is 3. The van der Waals surface area contributed by atoms with Gasteiger partial charge in [-0.05, 0) is 12.1 Å². The number of para-hydroxylation sites is 1. The molecule has 0 amide bonds. The van der Waals surface area contributed by atoms with Gasteiger partial charge in [-0.15, -0.1) is 5.10 Å². The molecule has 0 aromatic heterocycles. The molecule has 0 N–H and O–H groups in total. The maximum absolute atomic E-state index is 5.17. The molecule has 1 aromatic carbocycles. The van der Waals surface area contributed by atoms with Crippen molar-refractivity contribution in [1.29, 1.82) is 0 Å². The minimum absolute atomic E-state index is 0.793. The van der Waals surface area contributed by atoms with Crippen molar-refractivity contribution in [1.82, 2.24) is 4.90 Å². The Labute approximate surface area is 89.9 Å². The highest BCUT2D eigenvalue weighted by Crippen LogP contribution is 2.14. The Kier molecular flexibility index (Phi) is 4.34. The van der Waals surface area contributed by atoms with E-state index in [-0.39, 0.29) is 0 Å². The molecule has 1 aromatic rings. The highest BCUT2D eigenvalue weighted by Gasteiger charge is 1.96. The van der Waals surface area contributed by atoms with Gasteiger partial charge >= 0.3 is 0 Å². The first kappa shape index (κ1) is 11.2. The molecule has 0 unspecified atom stereocenters. The van der Waals surface area contributed by atoms with E-state index in [1.807, 2.05) is 43.3 Å². The van der Waals surface area contributed by atoms with E-state index in [4.69, 9.17) is 4.74 Å². The van der Waals surface area contributed by atoms with E-state index in [2.05, 4.69) is 10.2 Å². The minimum Gasteiger partial charge on any atom is -0.496 e. The van der Waals surface area contributed by atoms with Gasteiger partial charge in [-0.3, -0.25) is 0 Å². The first-order valence-corrected chi connectivity index (χ1v) is 4.60. The number of nitrogens with zero attached hydrogens (tertiary/aromatic N) is 3.